The number of Topliss-reactive ketones (excluding diaryl/α,β-unsaturated/α-hetero) is 1. The molecule has 0 aliphatic heterocycles. The molecule has 2 rings (SSSR count). The molecule has 1 aromatic heterocycles. The number of hydrogen-bond donors (Lipinski definition) is 1. The zero-order valence-corrected chi connectivity index (χ0v) is 8.89. The van der Waals surface area contributed by atoms with Gasteiger partial charge in [-0.2, -0.15) is 5.10 Å². The minimum absolute atomic E-state index is 0.0536. The van der Waals surface area contributed by atoms with Crippen molar-refractivity contribution >= 4 is 5.78 Å². The van der Waals surface area contributed by atoms with Crippen LogP contribution in [0, 0.1) is 11.8 Å². The smallest absolute Gasteiger partial charge is 0.203 e. The topological polar surface area (TPSA) is 73.8 Å². The molecule has 1 aliphatic rings. The highest BCUT2D eigenvalue weighted by Crippen LogP contribution is 2.32. The van der Waals surface area contributed by atoms with E-state index < -0.39 is 0 Å². The summed E-state index contributed by atoms with van der Waals surface area (Å²) < 4.78 is 1.54. The van der Waals surface area contributed by atoms with Gasteiger partial charge in [0.2, 0.25) is 5.78 Å². The lowest BCUT2D eigenvalue weighted by Gasteiger charge is -2.15. The summed E-state index contributed by atoms with van der Waals surface area (Å²) in [5.41, 5.74) is 5.66. The maximum absolute atomic E-state index is 12.1. The summed E-state index contributed by atoms with van der Waals surface area (Å²) in [6.45, 7) is 0.592. The molecule has 1 fully saturated rings. The van der Waals surface area contributed by atoms with E-state index >= 15 is 0 Å². The van der Waals surface area contributed by atoms with Crippen LogP contribution in [0.3, 0.4) is 0 Å². The first-order valence-corrected chi connectivity index (χ1v) is 5.32. The number of aryl methyl sites for hydroxylation is 1. The minimum Gasteiger partial charge on any atom is -0.330 e. The highest BCUT2D eigenvalue weighted by atomic mass is 16.1. The summed E-state index contributed by atoms with van der Waals surface area (Å²) in [7, 11) is 1.74. The highest BCUT2D eigenvalue weighted by molar-refractivity contribution is 5.94. The van der Waals surface area contributed by atoms with Gasteiger partial charge in [0, 0.05) is 13.0 Å². The van der Waals surface area contributed by atoms with Gasteiger partial charge in [-0.3, -0.25) is 4.79 Å². The van der Waals surface area contributed by atoms with Gasteiger partial charge in [-0.25, -0.2) is 9.67 Å². The quantitative estimate of drug-likeness (QED) is 0.728. The second-order valence-corrected chi connectivity index (χ2v) is 4.10. The number of aromatic nitrogens is 3. The third kappa shape index (κ3) is 1.79. The number of carbonyl (C=O) groups is 1. The Morgan fingerprint density at radius 1 is 1.67 bits per heavy atom. The molecule has 1 aliphatic carbocycles. The predicted molar refractivity (Wildman–Crippen MR) is 55.2 cm³/mol. The van der Waals surface area contributed by atoms with Crippen molar-refractivity contribution in [2.45, 2.75) is 19.3 Å². The molecule has 2 N–H and O–H groups in total. The van der Waals surface area contributed by atoms with Crippen molar-refractivity contribution < 1.29 is 4.79 Å². The van der Waals surface area contributed by atoms with Crippen LogP contribution in [-0.4, -0.2) is 27.1 Å². The number of nitrogens with two attached hydrogens (primary N) is 1. The summed E-state index contributed by atoms with van der Waals surface area (Å²) in [6, 6.07) is 0. The van der Waals surface area contributed by atoms with Gasteiger partial charge < -0.3 is 5.73 Å². The lowest BCUT2D eigenvalue weighted by atomic mass is 9.91. The highest BCUT2D eigenvalue weighted by Gasteiger charge is 2.34. The molecule has 5 heteroatoms. The maximum atomic E-state index is 12.1. The normalized spacial score (nSPS) is 25.7. The monoisotopic (exact) mass is 208 g/mol. The maximum Gasteiger partial charge on any atom is 0.203 e. The summed E-state index contributed by atoms with van der Waals surface area (Å²) in [5.74, 6) is 0.940. The van der Waals surface area contributed by atoms with Crippen molar-refractivity contribution in [1.29, 1.82) is 0 Å². The van der Waals surface area contributed by atoms with Gasteiger partial charge in [0.05, 0.1) is 0 Å². The van der Waals surface area contributed by atoms with E-state index in [4.69, 9.17) is 5.73 Å². The summed E-state index contributed by atoms with van der Waals surface area (Å²) in [4.78, 5) is 16.1. The van der Waals surface area contributed by atoms with E-state index in [1.807, 2.05) is 0 Å². The van der Waals surface area contributed by atoms with Crippen molar-refractivity contribution in [2.75, 3.05) is 6.54 Å². The Morgan fingerprint density at radius 3 is 3.07 bits per heavy atom. The number of hydrogen-bond acceptors (Lipinski definition) is 4. The molecule has 0 amide bonds. The minimum atomic E-state index is 0.0536. The molecular formula is C10H16N4O. The fourth-order valence-corrected chi connectivity index (χ4v) is 2.35. The van der Waals surface area contributed by atoms with Crippen molar-refractivity contribution in [1.82, 2.24) is 14.8 Å². The fourth-order valence-electron chi connectivity index (χ4n) is 2.35. The molecule has 0 radical (unpaired) electrons. The second kappa shape index (κ2) is 4.10. The zero-order valence-electron chi connectivity index (χ0n) is 8.89. The Balaban J connectivity index is 2.18. The van der Waals surface area contributed by atoms with Gasteiger partial charge in [0.15, 0.2) is 5.82 Å². The van der Waals surface area contributed by atoms with Crippen LogP contribution in [0.15, 0.2) is 6.33 Å². The average Bonchev–Trinajstić information content (AvgIpc) is 2.84. The average molecular weight is 208 g/mol. The van der Waals surface area contributed by atoms with Gasteiger partial charge in [-0.1, -0.05) is 6.42 Å². The lowest BCUT2D eigenvalue weighted by molar-refractivity contribution is 0.0878. The molecule has 0 spiro atoms. The molecule has 0 bridgehead atoms. The van der Waals surface area contributed by atoms with Crippen LogP contribution in [-0.2, 0) is 7.05 Å². The van der Waals surface area contributed by atoms with E-state index in [9.17, 15) is 4.79 Å². The Labute approximate surface area is 88.7 Å². The fraction of sp³-hybridized carbons (Fsp3) is 0.700. The van der Waals surface area contributed by atoms with Crippen molar-refractivity contribution in [3.05, 3.63) is 12.2 Å². The Hall–Kier alpha value is -1.23. The molecular weight excluding hydrogens is 192 g/mol. The molecule has 1 heterocycles. The third-order valence-electron chi connectivity index (χ3n) is 3.23. The van der Waals surface area contributed by atoms with Crippen LogP contribution in [0.5, 0.6) is 0 Å². The molecule has 0 aromatic carbocycles. The molecule has 82 valence electrons. The predicted octanol–water partition coefficient (Wildman–Crippen LogP) is 0.373. The second-order valence-electron chi connectivity index (χ2n) is 4.10. The molecule has 2 unspecified atom stereocenters. The molecule has 5 nitrogen and oxygen atoms in total. The Morgan fingerprint density at radius 2 is 2.47 bits per heavy atom. The summed E-state index contributed by atoms with van der Waals surface area (Å²) in [5, 5.41) is 3.91. The molecule has 15 heavy (non-hydrogen) atoms. The van der Waals surface area contributed by atoms with E-state index in [-0.39, 0.29) is 11.7 Å². The summed E-state index contributed by atoms with van der Waals surface area (Å²) >= 11 is 0. The van der Waals surface area contributed by atoms with E-state index in [1.54, 1.807) is 7.05 Å². The van der Waals surface area contributed by atoms with Gasteiger partial charge in [0.25, 0.3) is 0 Å². The first kappa shape index (κ1) is 10.3. The lowest BCUT2D eigenvalue weighted by Crippen LogP contribution is -2.27. The van der Waals surface area contributed by atoms with Crippen LogP contribution in [0.25, 0.3) is 0 Å². The van der Waals surface area contributed by atoms with Crippen LogP contribution in [0.2, 0.25) is 0 Å². The molecule has 1 aromatic rings. The van der Waals surface area contributed by atoms with Gasteiger partial charge in [0.1, 0.15) is 6.33 Å². The van der Waals surface area contributed by atoms with Gasteiger partial charge in [-0.15, -0.1) is 0 Å². The Kier molecular flexibility index (Phi) is 2.81. The van der Waals surface area contributed by atoms with Crippen molar-refractivity contribution in [2.24, 2.45) is 24.6 Å². The van der Waals surface area contributed by atoms with Crippen molar-refractivity contribution in [3.8, 4) is 0 Å². The van der Waals surface area contributed by atoms with Crippen LogP contribution >= 0.6 is 0 Å². The first-order valence-electron chi connectivity index (χ1n) is 5.32. The third-order valence-corrected chi connectivity index (χ3v) is 3.23. The zero-order chi connectivity index (χ0) is 10.8. The first-order chi connectivity index (χ1) is 7.24. The van der Waals surface area contributed by atoms with E-state index in [1.165, 1.54) is 11.0 Å². The van der Waals surface area contributed by atoms with Crippen LogP contribution in [0.1, 0.15) is 29.9 Å². The molecule has 0 saturated heterocycles. The number of nitrogens with zero attached hydrogens (tertiary/aromatic N) is 3. The number of rotatable bonds is 3. The van der Waals surface area contributed by atoms with E-state index in [2.05, 4.69) is 10.1 Å². The number of carbonyl (C=O) groups excluding carboxylic acids is 1. The van der Waals surface area contributed by atoms with Crippen LogP contribution < -0.4 is 5.73 Å². The molecule has 1 saturated carbocycles. The summed E-state index contributed by atoms with van der Waals surface area (Å²) in [6.07, 6.45) is 4.51. The van der Waals surface area contributed by atoms with E-state index in [0.717, 1.165) is 19.3 Å². The SMILES string of the molecule is Cn1ncnc1C(=O)C1CCCC1CN. The standard InChI is InChI=1S/C10H16N4O/c1-14-10(12-6-13-14)9(15)8-4-2-3-7(8)5-11/h6-8H,2-5,11H2,1H3. The Bertz CT molecular complexity index is 360. The van der Waals surface area contributed by atoms with Crippen LogP contribution in [0.4, 0.5) is 0 Å². The van der Waals surface area contributed by atoms with Crippen molar-refractivity contribution in [3.63, 3.8) is 0 Å². The molecule has 2 atom stereocenters. The number of ketones is 1. The van der Waals surface area contributed by atoms with Gasteiger partial charge >= 0.3 is 0 Å². The largest absolute Gasteiger partial charge is 0.330 e. The van der Waals surface area contributed by atoms with Gasteiger partial charge in [-0.05, 0) is 25.3 Å². The van der Waals surface area contributed by atoms with E-state index in [0.29, 0.717) is 18.3 Å².